The SMILES string of the molecule is BrC1(Sc2ccccc2)CCCCO1. The summed E-state index contributed by atoms with van der Waals surface area (Å²) in [5.74, 6) is 0. The molecule has 1 saturated heterocycles. The highest BCUT2D eigenvalue weighted by molar-refractivity contribution is 9.11. The smallest absolute Gasteiger partial charge is 0.173 e. The quantitative estimate of drug-likeness (QED) is 0.752. The van der Waals surface area contributed by atoms with E-state index in [1.807, 2.05) is 6.07 Å². The maximum Gasteiger partial charge on any atom is 0.173 e. The minimum absolute atomic E-state index is 0.188. The third-order valence-corrected chi connectivity index (χ3v) is 4.45. The van der Waals surface area contributed by atoms with Crippen molar-refractivity contribution in [3.63, 3.8) is 0 Å². The van der Waals surface area contributed by atoms with Gasteiger partial charge in [-0.05, 0) is 47.3 Å². The molecule has 3 heteroatoms. The summed E-state index contributed by atoms with van der Waals surface area (Å²) >= 11 is 5.43. The Kier molecular flexibility index (Phi) is 3.52. The number of rotatable bonds is 2. The van der Waals surface area contributed by atoms with Crippen LogP contribution in [0.1, 0.15) is 19.3 Å². The van der Waals surface area contributed by atoms with Crippen molar-refractivity contribution >= 4 is 27.7 Å². The van der Waals surface area contributed by atoms with Gasteiger partial charge in [-0.1, -0.05) is 30.0 Å². The Labute approximate surface area is 97.4 Å². The molecule has 0 radical (unpaired) electrons. The van der Waals surface area contributed by atoms with Crippen LogP contribution in [0.2, 0.25) is 0 Å². The lowest BCUT2D eigenvalue weighted by Crippen LogP contribution is -2.25. The van der Waals surface area contributed by atoms with Crippen LogP contribution in [0.25, 0.3) is 0 Å². The standard InChI is InChI=1S/C11H13BrOS/c12-11(8-4-5-9-13-11)14-10-6-2-1-3-7-10/h1-3,6-7H,4-5,8-9H2. The number of hydrogen-bond acceptors (Lipinski definition) is 2. The summed E-state index contributed by atoms with van der Waals surface area (Å²) in [5.41, 5.74) is 0. The molecule has 76 valence electrons. The van der Waals surface area contributed by atoms with Crippen LogP contribution in [-0.4, -0.2) is 10.4 Å². The molecule has 1 heterocycles. The molecule has 1 unspecified atom stereocenters. The Morgan fingerprint density at radius 1 is 1.21 bits per heavy atom. The number of halogens is 1. The molecule has 0 spiro atoms. The number of benzene rings is 1. The molecule has 0 aromatic heterocycles. The van der Waals surface area contributed by atoms with Crippen molar-refractivity contribution in [2.75, 3.05) is 6.61 Å². The van der Waals surface area contributed by atoms with E-state index >= 15 is 0 Å². The van der Waals surface area contributed by atoms with Gasteiger partial charge in [-0.2, -0.15) is 0 Å². The van der Waals surface area contributed by atoms with Gasteiger partial charge in [0.2, 0.25) is 0 Å². The van der Waals surface area contributed by atoms with Crippen molar-refractivity contribution in [2.45, 2.75) is 28.0 Å². The predicted octanol–water partition coefficient (Wildman–Crippen LogP) is 4.03. The first kappa shape index (κ1) is 10.5. The molecule has 1 aliphatic rings. The van der Waals surface area contributed by atoms with Gasteiger partial charge in [0, 0.05) is 11.5 Å². The van der Waals surface area contributed by atoms with E-state index in [4.69, 9.17) is 4.74 Å². The molecule has 1 aromatic carbocycles. The second-order valence-corrected chi connectivity index (χ2v) is 6.52. The van der Waals surface area contributed by atoms with Gasteiger partial charge in [-0.3, -0.25) is 0 Å². The maximum absolute atomic E-state index is 5.75. The molecule has 2 rings (SSSR count). The molecular formula is C11H13BrOS. The summed E-state index contributed by atoms with van der Waals surface area (Å²) in [5, 5.41) is 0. The Morgan fingerprint density at radius 3 is 2.64 bits per heavy atom. The van der Waals surface area contributed by atoms with Crippen LogP contribution >= 0.6 is 27.7 Å². The van der Waals surface area contributed by atoms with Crippen molar-refractivity contribution in [1.29, 1.82) is 0 Å². The fourth-order valence-corrected chi connectivity index (χ4v) is 3.52. The van der Waals surface area contributed by atoms with Gasteiger partial charge in [0.1, 0.15) is 0 Å². The van der Waals surface area contributed by atoms with E-state index in [0.717, 1.165) is 13.0 Å². The van der Waals surface area contributed by atoms with Crippen molar-refractivity contribution in [3.8, 4) is 0 Å². The van der Waals surface area contributed by atoms with Gasteiger partial charge >= 0.3 is 0 Å². The first-order valence-electron chi connectivity index (χ1n) is 4.85. The summed E-state index contributed by atoms with van der Waals surface area (Å²) in [6.07, 6.45) is 3.50. The van der Waals surface area contributed by atoms with Crippen LogP contribution in [0.5, 0.6) is 0 Å². The van der Waals surface area contributed by atoms with Gasteiger partial charge in [-0.25, -0.2) is 0 Å². The molecule has 1 fully saturated rings. The van der Waals surface area contributed by atoms with E-state index < -0.39 is 0 Å². The van der Waals surface area contributed by atoms with E-state index in [2.05, 4.69) is 40.2 Å². The van der Waals surface area contributed by atoms with E-state index in [1.54, 1.807) is 11.8 Å². The molecule has 1 nitrogen and oxygen atoms in total. The number of thioether (sulfide) groups is 1. The first-order valence-corrected chi connectivity index (χ1v) is 6.46. The topological polar surface area (TPSA) is 9.23 Å². The van der Waals surface area contributed by atoms with Gasteiger partial charge < -0.3 is 4.74 Å². The monoisotopic (exact) mass is 272 g/mol. The molecule has 0 saturated carbocycles. The van der Waals surface area contributed by atoms with Crippen LogP contribution in [0.15, 0.2) is 35.2 Å². The second-order valence-electron chi connectivity index (χ2n) is 3.38. The summed E-state index contributed by atoms with van der Waals surface area (Å²) < 4.78 is 5.56. The average Bonchev–Trinajstić information content (AvgIpc) is 2.19. The molecule has 0 N–H and O–H groups in total. The Hall–Kier alpha value is 0.01000. The summed E-state index contributed by atoms with van der Waals surface area (Å²) in [6.45, 7) is 0.866. The minimum atomic E-state index is -0.188. The number of hydrogen-bond donors (Lipinski definition) is 0. The third kappa shape index (κ3) is 2.75. The molecule has 0 aliphatic carbocycles. The van der Waals surface area contributed by atoms with Crippen molar-refractivity contribution in [1.82, 2.24) is 0 Å². The van der Waals surface area contributed by atoms with Gasteiger partial charge in [0.05, 0.1) is 0 Å². The van der Waals surface area contributed by atoms with Gasteiger partial charge in [-0.15, -0.1) is 0 Å². The fraction of sp³-hybridized carbons (Fsp3) is 0.455. The lowest BCUT2D eigenvalue weighted by atomic mass is 10.2. The van der Waals surface area contributed by atoms with E-state index in [9.17, 15) is 0 Å². The largest absolute Gasteiger partial charge is 0.354 e. The zero-order valence-corrected chi connectivity index (χ0v) is 10.3. The highest BCUT2D eigenvalue weighted by Crippen LogP contribution is 2.44. The lowest BCUT2D eigenvalue weighted by molar-refractivity contribution is 0.0548. The minimum Gasteiger partial charge on any atom is -0.354 e. The highest BCUT2D eigenvalue weighted by Gasteiger charge is 2.31. The van der Waals surface area contributed by atoms with E-state index in [1.165, 1.54) is 17.7 Å². The molecule has 0 bridgehead atoms. The highest BCUT2D eigenvalue weighted by atomic mass is 79.9. The maximum atomic E-state index is 5.75. The van der Waals surface area contributed by atoms with E-state index in [0.29, 0.717) is 0 Å². The third-order valence-electron chi connectivity index (χ3n) is 2.20. The van der Waals surface area contributed by atoms with Gasteiger partial charge in [0.15, 0.2) is 3.84 Å². The van der Waals surface area contributed by atoms with Crippen LogP contribution in [0.3, 0.4) is 0 Å². The molecule has 14 heavy (non-hydrogen) atoms. The van der Waals surface area contributed by atoms with Crippen LogP contribution in [-0.2, 0) is 4.74 Å². The summed E-state index contributed by atoms with van der Waals surface area (Å²) in [4.78, 5) is 1.26. The van der Waals surface area contributed by atoms with E-state index in [-0.39, 0.29) is 3.84 Å². The Morgan fingerprint density at radius 2 is 2.00 bits per heavy atom. The summed E-state index contributed by atoms with van der Waals surface area (Å²) in [6, 6.07) is 10.4. The Balaban J connectivity index is 2.02. The number of ether oxygens (including phenoxy) is 1. The Bertz CT molecular complexity index is 283. The number of alkyl halides is 1. The zero-order valence-electron chi connectivity index (χ0n) is 7.91. The second kappa shape index (κ2) is 4.69. The summed E-state index contributed by atoms with van der Waals surface area (Å²) in [7, 11) is 0. The first-order chi connectivity index (χ1) is 6.79. The van der Waals surface area contributed by atoms with Crippen LogP contribution in [0.4, 0.5) is 0 Å². The van der Waals surface area contributed by atoms with Crippen LogP contribution in [0, 0.1) is 0 Å². The normalized spacial score (nSPS) is 27.5. The van der Waals surface area contributed by atoms with Crippen molar-refractivity contribution in [3.05, 3.63) is 30.3 Å². The fourth-order valence-electron chi connectivity index (χ4n) is 1.48. The predicted molar refractivity (Wildman–Crippen MR) is 63.8 cm³/mol. The van der Waals surface area contributed by atoms with Crippen molar-refractivity contribution < 1.29 is 4.74 Å². The lowest BCUT2D eigenvalue weighted by Gasteiger charge is -2.31. The van der Waals surface area contributed by atoms with Crippen LogP contribution < -0.4 is 0 Å². The average molecular weight is 273 g/mol. The molecule has 0 amide bonds. The zero-order chi connectivity index (χ0) is 9.86. The van der Waals surface area contributed by atoms with Crippen molar-refractivity contribution in [2.24, 2.45) is 0 Å². The molecular weight excluding hydrogens is 260 g/mol. The molecule has 1 aromatic rings. The molecule has 1 aliphatic heterocycles. The molecule has 1 atom stereocenters. The van der Waals surface area contributed by atoms with Gasteiger partial charge in [0.25, 0.3) is 0 Å².